The highest BCUT2D eigenvalue weighted by Crippen LogP contribution is 2.23. The number of anilines is 1. The van der Waals surface area contributed by atoms with Crippen molar-refractivity contribution in [2.75, 3.05) is 26.1 Å². The smallest absolute Gasteiger partial charge is 0.285 e. The van der Waals surface area contributed by atoms with Crippen molar-refractivity contribution in [3.63, 3.8) is 0 Å². The van der Waals surface area contributed by atoms with Crippen molar-refractivity contribution >= 4 is 22.6 Å². The lowest BCUT2D eigenvalue weighted by atomic mass is 10.2. The molecule has 0 aliphatic carbocycles. The Balaban J connectivity index is 1.86. The topological polar surface area (TPSA) is 90.6 Å². The van der Waals surface area contributed by atoms with E-state index < -0.39 is 5.91 Å². The Morgan fingerprint density at radius 2 is 2.00 bits per heavy atom. The van der Waals surface area contributed by atoms with Crippen molar-refractivity contribution in [1.29, 1.82) is 0 Å². The van der Waals surface area contributed by atoms with Crippen molar-refractivity contribution < 1.29 is 14.3 Å². The molecule has 1 aliphatic heterocycles. The molecule has 0 saturated heterocycles. The molecule has 1 N–H and O–H groups in total. The maximum absolute atomic E-state index is 12.7. The number of hydrogen-bond donors (Lipinski definition) is 1. The Hall–Kier alpha value is -3.42. The van der Waals surface area contributed by atoms with Gasteiger partial charge in [-0.1, -0.05) is 12.1 Å². The highest BCUT2D eigenvalue weighted by atomic mass is 16.5. The van der Waals surface area contributed by atoms with Gasteiger partial charge in [0.15, 0.2) is 0 Å². The highest BCUT2D eigenvalue weighted by molar-refractivity contribution is 5.97. The molecule has 0 atom stereocenters. The van der Waals surface area contributed by atoms with Gasteiger partial charge in [-0.25, -0.2) is 4.98 Å². The van der Waals surface area contributed by atoms with Crippen molar-refractivity contribution in [2.45, 2.75) is 6.54 Å². The van der Waals surface area contributed by atoms with Gasteiger partial charge in [0.2, 0.25) is 17.4 Å². The average molecular weight is 351 g/mol. The van der Waals surface area contributed by atoms with Crippen LogP contribution in [0.2, 0.25) is 0 Å². The van der Waals surface area contributed by atoms with Gasteiger partial charge in [0.25, 0.3) is 5.91 Å². The number of nitrogens with zero attached hydrogens (tertiary/aromatic N) is 4. The van der Waals surface area contributed by atoms with Crippen LogP contribution in [-0.2, 0) is 6.54 Å². The van der Waals surface area contributed by atoms with E-state index in [9.17, 15) is 4.79 Å². The van der Waals surface area contributed by atoms with E-state index in [1.54, 1.807) is 12.1 Å². The van der Waals surface area contributed by atoms with Gasteiger partial charge in [0, 0.05) is 24.5 Å². The molecule has 0 bridgehead atoms. The summed E-state index contributed by atoms with van der Waals surface area (Å²) in [5.41, 5.74) is 1.38. The maximum Gasteiger partial charge on any atom is 0.285 e. The molecule has 1 amide bonds. The molecule has 0 fully saturated rings. The number of nitrogens with one attached hydrogen (secondary N) is 1. The van der Waals surface area contributed by atoms with E-state index in [4.69, 9.17) is 9.47 Å². The minimum atomic E-state index is -0.471. The SMILES string of the molecule is COc1ccc(C(=O)N=c2nc3ccccc3c3n2CCN3)c(OC)n1. The molecule has 1 aliphatic rings. The molecule has 0 radical (unpaired) electrons. The number of pyridine rings is 1. The lowest BCUT2D eigenvalue weighted by Gasteiger charge is -2.08. The zero-order valence-corrected chi connectivity index (χ0v) is 14.4. The monoisotopic (exact) mass is 351 g/mol. The van der Waals surface area contributed by atoms with E-state index in [2.05, 4.69) is 20.3 Å². The zero-order chi connectivity index (χ0) is 18.1. The summed E-state index contributed by atoms with van der Waals surface area (Å²) in [6, 6.07) is 10.9. The van der Waals surface area contributed by atoms with Crippen LogP contribution in [0.5, 0.6) is 11.8 Å². The molecule has 132 valence electrons. The first-order valence-corrected chi connectivity index (χ1v) is 8.13. The second kappa shape index (κ2) is 6.47. The summed E-state index contributed by atoms with van der Waals surface area (Å²) in [6.07, 6.45) is 0. The number of carbonyl (C=O) groups excluding carboxylic acids is 1. The number of ether oxygens (including phenoxy) is 2. The fourth-order valence-electron chi connectivity index (χ4n) is 2.97. The molecule has 1 aromatic carbocycles. The molecule has 0 saturated carbocycles. The predicted octanol–water partition coefficient (Wildman–Crippen LogP) is 1.62. The van der Waals surface area contributed by atoms with Crippen LogP contribution in [0.4, 0.5) is 5.82 Å². The first kappa shape index (κ1) is 16.1. The Labute approximate surface area is 149 Å². The van der Waals surface area contributed by atoms with E-state index in [1.165, 1.54) is 14.2 Å². The molecule has 0 spiro atoms. The minimum Gasteiger partial charge on any atom is -0.481 e. The van der Waals surface area contributed by atoms with Gasteiger partial charge < -0.3 is 14.8 Å². The van der Waals surface area contributed by atoms with E-state index in [0.717, 1.165) is 23.3 Å². The van der Waals surface area contributed by atoms with Crippen molar-refractivity contribution in [1.82, 2.24) is 14.5 Å². The van der Waals surface area contributed by atoms with Crippen LogP contribution < -0.4 is 20.4 Å². The Bertz CT molecular complexity index is 1070. The normalized spacial score (nSPS) is 13.4. The third kappa shape index (κ3) is 2.65. The van der Waals surface area contributed by atoms with Crippen LogP contribution in [0.1, 0.15) is 10.4 Å². The van der Waals surface area contributed by atoms with E-state index >= 15 is 0 Å². The van der Waals surface area contributed by atoms with Crippen LogP contribution in [0.25, 0.3) is 10.9 Å². The maximum atomic E-state index is 12.7. The lowest BCUT2D eigenvalue weighted by molar-refractivity contribution is 0.0992. The predicted molar refractivity (Wildman–Crippen MR) is 95.5 cm³/mol. The fraction of sp³-hybridized carbons (Fsp3) is 0.222. The molecule has 8 nitrogen and oxygen atoms in total. The van der Waals surface area contributed by atoms with Crippen LogP contribution in [-0.4, -0.2) is 41.2 Å². The van der Waals surface area contributed by atoms with Gasteiger partial charge in [0.1, 0.15) is 11.4 Å². The summed E-state index contributed by atoms with van der Waals surface area (Å²) >= 11 is 0. The molecule has 8 heteroatoms. The molecular formula is C18H17N5O3. The number of amides is 1. The minimum absolute atomic E-state index is 0.165. The Morgan fingerprint density at radius 3 is 2.81 bits per heavy atom. The Morgan fingerprint density at radius 1 is 1.15 bits per heavy atom. The fourth-order valence-corrected chi connectivity index (χ4v) is 2.97. The molecule has 3 aromatic rings. The highest BCUT2D eigenvalue weighted by Gasteiger charge is 2.18. The van der Waals surface area contributed by atoms with E-state index in [-0.39, 0.29) is 11.4 Å². The van der Waals surface area contributed by atoms with Crippen molar-refractivity contribution in [2.24, 2.45) is 4.99 Å². The van der Waals surface area contributed by atoms with Crippen LogP contribution in [0.3, 0.4) is 0 Å². The first-order valence-electron chi connectivity index (χ1n) is 8.13. The van der Waals surface area contributed by atoms with Crippen LogP contribution >= 0.6 is 0 Å². The molecule has 26 heavy (non-hydrogen) atoms. The summed E-state index contributed by atoms with van der Waals surface area (Å²) in [6.45, 7) is 1.46. The number of para-hydroxylation sites is 1. The number of aromatic nitrogens is 3. The van der Waals surface area contributed by atoms with Crippen molar-refractivity contribution in [3.8, 4) is 11.8 Å². The molecule has 0 unspecified atom stereocenters. The quantitative estimate of drug-likeness (QED) is 0.771. The summed E-state index contributed by atoms with van der Waals surface area (Å²) in [7, 11) is 2.95. The third-order valence-electron chi connectivity index (χ3n) is 4.19. The number of fused-ring (bicyclic) bond motifs is 3. The summed E-state index contributed by atoms with van der Waals surface area (Å²) < 4.78 is 12.2. The molecule has 2 aromatic heterocycles. The standard InChI is InChI=1S/C18H17N5O3/c1-25-14-8-7-12(17(21-14)26-2)16(24)22-18-20-13-6-4-3-5-11(13)15-19-9-10-23(15)18/h3-8,19H,9-10H2,1-2H3. The average Bonchev–Trinajstić information content (AvgIpc) is 3.18. The summed E-state index contributed by atoms with van der Waals surface area (Å²) in [4.78, 5) is 25.6. The largest absolute Gasteiger partial charge is 0.481 e. The van der Waals surface area contributed by atoms with Gasteiger partial charge in [-0.05, 0) is 18.2 Å². The second-order valence-corrected chi connectivity index (χ2v) is 5.68. The summed E-state index contributed by atoms with van der Waals surface area (Å²) in [5, 5.41) is 4.33. The lowest BCUT2D eigenvalue weighted by Crippen LogP contribution is -2.25. The van der Waals surface area contributed by atoms with Crippen molar-refractivity contribution in [3.05, 3.63) is 47.6 Å². The van der Waals surface area contributed by atoms with Gasteiger partial charge in [0.05, 0.1) is 19.7 Å². The Kier molecular flexibility index (Phi) is 4.00. The number of hydrogen-bond acceptors (Lipinski definition) is 6. The number of carbonyl (C=O) groups is 1. The third-order valence-corrected chi connectivity index (χ3v) is 4.19. The van der Waals surface area contributed by atoms with E-state index in [0.29, 0.717) is 18.0 Å². The number of rotatable bonds is 3. The zero-order valence-electron chi connectivity index (χ0n) is 14.4. The van der Waals surface area contributed by atoms with Gasteiger partial charge in [-0.3, -0.25) is 9.36 Å². The molecule has 4 rings (SSSR count). The summed E-state index contributed by atoms with van der Waals surface area (Å²) in [5.74, 6) is 0.976. The molecule has 3 heterocycles. The molecular weight excluding hydrogens is 334 g/mol. The second-order valence-electron chi connectivity index (χ2n) is 5.68. The van der Waals surface area contributed by atoms with E-state index in [1.807, 2.05) is 28.8 Å². The first-order chi connectivity index (χ1) is 12.7. The van der Waals surface area contributed by atoms with Crippen LogP contribution in [0.15, 0.2) is 41.4 Å². The van der Waals surface area contributed by atoms with Gasteiger partial charge in [-0.2, -0.15) is 9.98 Å². The number of methoxy groups -OCH3 is 2. The van der Waals surface area contributed by atoms with Crippen LogP contribution in [0, 0.1) is 0 Å². The van der Waals surface area contributed by atoms with Gasteiger partial charge in [-0.15, -0.1) is 0 Å². The van der Waals surface area contributed by atoms with Gasteiger partial charge >= 0.3 is 0 Å². The number of benzene rings is 1.